The van der Waals surface area contributed by atoms with Crippen molar-refractivity contribution in [3.63, 3.8) is 0 Å². The fourth-order valence-electron chi connectivity index (χ4n) is 2.34. The SMILES string of the molecule is CN(C)CCN=C1CC(=O)c2oc(-c3ccc(Cl)cc3)nc2C1=O. The van der Waals surface area contributed by atoms with Crippen LogP contribution in [0.5, 0.6) is 0 Å². The van der Waals surface area contributed by atoms with E-state index in [4.69, 9.17) is 16.0 Å². The topological polar surface area (TPSA) is 75.8 Å². The van der Waals surface area contributed by atoms with Gasteiger partial charge in [0.2, 0.25) is 23.2 Å². The van der Waals surface area contributed by atoms with Gasteiger partial charge in [-0.15, -0.1) is 0 Å². The van der Waals surface area contributed by atoms with Gasteiger partial charge >= 0.3 is 0 Å². The molecule has 0 bridgehead atoms. The standard InChI is InChI=1S/C17H16ClN3O3/c1-21(2)8-7-19-12-9-13(22)16-14(15(12)23)20-17(24-16)10-3-5-11(18)6-4-10/h3-6H,7-9H2,1-2H3. The maximum atomic E-state index is 12.5. The van der Waals surface area contributed by atoms with Crippen LogP contribution in [-0.2, 0) is 0 Å². The van der Waals surface area contributed by atoms with Crippen LogP contribution in [0.15, 0.2) is 33.7 Å². The van der Waals surface area contributed by atoms with E-state index >= 15 is 0 Å². The number of rotatable bonds is 4. The van der Waals surface area contributed by atoms with E-state index in [2.05, 4.69) is 9.98 Å². The van der Waals surface area contributed by atoms with Crippen LogP contribution >= 0.6 is 11.6 Å². The number of aliphatic imine (C=N–C) groups is 1. The molecule has 0 amide bonds. The number of Topliss-reactive ketones (excluding diaryl/α,β-unsaturated/α-hetero) is 2. The van der Waals surface area contributed by atoms with E-state index in [1.165, 1.54) is 0 Å². The van der Waals surface area contributed by atoms with Gasteiger partial charge in [-0.2, -0.15) is 0 Å². The summed E-state index contributed by atoms with van der Waals surface area (Å²) in [7, 11) is 3.84. The third-order valence-electron chi connectivity index (χ3n) is 3.63. The van der Waals surface area contributed by atoms with Crippen molar-refractivity contribution >= 4 is 28.9 Å². The van der Waals surface area contributed by atoms with E-state index in [1.807, 2.05) is 19.0 Å². The molecule has 1 aromatic heterocycles. The van der Waals surface area contributed by atoms with Crippen molar-refractivity contribution in [1.29, 1.82) is 0 Å². The summed E-state index contributed by atoms with van der Waals surface area (Å²) in [5.41, 5.74) is 0.936. The van der Waals surface area contributed by atoms with Crippen molar-refractivity contribution in [2.24, 2.45) is 4.99 Å². The fourth-order valence-corrected chi connectivity index (χ4v) is 2.47. The minimum atomic E-state index is -0.340. The van der Waals surface area contributed by atoms with Crippen LogP contribution in [0, 0.1) is 0 Å². The van der Waals surface area contributed by atoms with E-state index in [1.54, 1.807) is 24.3 Å². The first-order chi connectivity index (χ1) is 11.5. The number of nitrogens with zero attached hydrogens (tertiary/aromatic N) is 3. The molecule has 1 aliphatic rings. The van der Waals surface area contributed by atoms with Crippen molar-refractivity contribution in [2.75, 3.05) is 27.2 Å². The van der Waals surface area contributed by atoms with Gasteiger partial charge in [-0.1, -0.05) is 11.6 Å². The Labute approximate surface area is 144 Å². The molecule has 0 unspecified atom stereocenters. The zero-order chi connectivity index (χ0) is 17.3. The molecule has 0 saturated carbocycles. The van der Waals surface area contributed by atoms with Crippen molar-refractivity contribution in [3.8, 4) is 11.5 Å². The molecule has 0 fully saturated rings. The van der Waals surface area contributed by atoms with Crippen LogP contribution in [0.25, 0.3) is 11.5 Å². The number of aromatic nitrogens is 1. The molecule has 0 saturated heterocycles. The Morgan fingerprint density at radius 2 is 1.96 bits per heavy atom. The van der Waals surface area contributed by atoms with Gasteiger partial charge in [0.05, 0.1) is 18.7 Å². The molecule has 0 atom stereocenters. The normalized spacial score (nSPS) is 16.1. The van der Waals surface area contributed by atoms with Crippen molar-refractivity contribution < 1.29 is 14.0 Å². The number of benzene rings is 1. The predicted molar refractivity (Wildman–Crippen MR) is 91.1 cm³/mol. The largest absolute Gasteiger partial charge is 0.432 e. The van der Waals surface area contributed by atoms with E-state index in [0.717, 1.165) is 0 Å². The quantitative estimate of drug-likeness (QED) is 0.851. The lowest BCUT2D eigenvalue weighted by Crippen LogP contribution is -2.27. The maximum absolute atomic E-state index is 12.5. The lowest BCUT2D eigenvalue weighted by atomic mass is 9.97. The number of halogens is 1. The smallest absolute Gasteiger partial charge is 0.229 e. The molecule has 24 heavy (non-hydrogen) atoms. The maximum Gasteiger partial charge on any atom is 0.229 e. The Morgan fingerprint density at radius 3 is 2.62 bits per heavy atom. The van der Waals surface area contributed by atoms with Gasteiger partial charge in [-0.3, -0.25) is 14.6 Å². The first kappa shape index (κ1) is 16.5. The van der Waals surface area contributed by atoms with Crippen LogP contribution in [0.3, 0.4) is 0 Å². The van der Waals surface area contributed by atoms with Crippen LogP contribution in [0.2, 0.25) is 5.02 Å². The molecule has 124 valence electrons. The van der Waals surface area contributed by atoms with Crippen LogP contribution < -0.4 is 0 Å². The molecule has 0 aliphatic heterocycles. The summed E-state index contributed by atoms with van der Waals surface area (Å²) in [6.07, 6.45) is -0.0471. The summed E-state index contributed by atoms with van der Waals surface area (Å²) >= 11 is 5.86. The number of ketones is 2. The van der Waals surface area contributed by atoms with Gasteiger partial charge < -0.3 is 9.32 Å². The average molecular weight is 346 g/mol. The molecule has 1 aromatic carbocycles. The van der Waals surface area contributed by atoms with Gasteiger partial charge in [-0.25, -0.2) is 4.98 Å². The number of carbonyl (C=O) groups excluding carboxylic acids is 2. The summed E-state index contributed by atoms with van der Waals surface area (Å²) in [5, 5.41) is 0.581. The average Bonchev–Trinajstić information content (AvgIpc) is 2.98. The second-order valence-electron chi connectivity index (χ2n) is 5.76. The number of fused-ring (bicyclic) bond motifs is 1. The fraction of sp³-hybridized carbons (Fsp3) is 0.294. The second-order valence-corrected chi connectivity index (χ2v) is 6.20. The molecule has 0 radical (unpaired) electrons. The molecule has 1 heterocycles. The molecular weight excluding hydrogens is 330 g/mol. The number of oxazole rings is 1. The van der Waals surface area contributed by atoms with E-state index in [0.29, 0.717) is 23.7 Å². The molecule has 3 rings (SSSR count). The highest BCUT2D eigenvalue weighted by Gasteiger charge is 2.35. The summed E-state index contributed by atoms with van der Waals surface area (Å²) < 4.78 is 5.52. The summed E-state index contributed by atoms with van der Waals surface area (Å²) in [5.74, 6) is -0.377. The lowest BCUT2D eigenvalue weighted by Gasteiger charge is -2.10. The Hall–Kier alpha value is -2.31. The van der Waals surface area contributed by atoms with E-state index in [9.17, 15) is 9.59 Å². The Bertz CT molecular complexity index is 822. The minimum Gasteiger partial charge on any atom is -0.432 e. The summed E-state index contributed by atoms with van der Waals surface area (Å²) in [4.78, 5) is 35.2. The Kier molecular flexibility index (Phi) is 4.59. The predicted octanol–water partition coefficient (Wildman–Crippen LogP) is 2.77. The zero-order valence-corrected chi connectivity index (χ0v) is 14.1. The molecule has 7 heteroatoms. The van der Waals surface area contributed by atoms with Gasteiger partial charge in [0, 0.05) is 17.1 Å². The van der Waals surface area contributed by atoms with Crippen LogP contribution in [-0.4, -0.2) is 54.3 Å². The van der Waals surface area contributed by atoms with E-state index < -0.39 is 0 Å². The van der Waals surface area contributed by atoms with Gasteiger partial charge in [0.25, 0.3) is 0 Å². The second kappa shape index (κ2) is 6.67. The Balaban J connectivity index is 1.91. The minimum absolute atomic E-state index is 0.0107. The van der Waals surface area contributed by atoms with Crippen molar-refractivity contribution in [3.05, 3.63) is 40.7 Å². The van der Waals surface area contributed by atoms with Crippen LogP contribution in [0.1, 0.15) is 27.5 Å². The number of hydrogen-bond acceptors (Lipinski definition) is 6. The zero-order valence-electron chi connectivity index (χ0n) is 13.4. The summed E-state index contributed by atoms with van der Waals surface area (Å²) in [6.45, 7) is 1.16. The number of hydrogen-bond donors (Lipinski definition) is 0. The highest BCUT2D eigenvalue weighted by molar-refractivity contribution is 6.52. The molecule has 0 spiro atoms. The Morgan fingerprint density at radius 1 is 1.25 bits per heavy atom. The molecule has 1 aliphatic carbocycles. The summed E-state index contributed by atoms with van der Waals surface area (Å²) in [6, 6.07) is 6.83. The molecular formula is C17H16ClN3O3. The van der Waals surface area contributed by atoms with Gasteiger partial charge in [0.15, 0.2) is 5.69 Å². The monoisotopic (exact) mass is 345 g/mol. The van der Waals surface area contributed by atoms with Crippen molar-refractivity contribution in [1.82, 2.24) is 9.88 Å². The molecule has 6 nitrogen and oxygen atoms in total. The van der Waals surface area contributed by atoms with Crippen molar-refractivity contribution in [2.45, 2.75) is 6.42 Å². The van der Waals surface area contributed by atoms with Crippen LogP contribution in [0.4, 0.5) is 0 Å². The van der Waals surface area contributed by atoms with E-state index in [-0.39, 0.29) is 41.0 Å². The van der Waals surface area contributed by atoms with Gasteiger partial charge in [-0.05, 0) is 38.4 Å². The van der Waals surface area contributed by atoms with Gasteiger partial charge in [0.1, 0.15) is 0 Å². The molecule has 2 aromatic rings. The third kappa shape index (κ3) is 3.29. The highest BCUT2D eigenvalue weighted by atomic mass is 35.5. The number of carbonyl (C=O) groups is 2. The lowest BCUT2D eigenvalue weighted by molar-refractivity contribution is 0.0940. The third-order valence-corrected chi connectivity index (χ3v) is 3.88. The molecule has 0 N–H and O–H groups in total. The number of likely N-dealkylation sites (N-methyl/N-ethyl adjacent to an activating group) is 1. The highest BCUT2D eigenvalue weighted by Crippen LogP contribution is 2.27. The first-order valence-corrected chi connectivity index (χ1v) is 7.86. The first-order valence-electron chi connectivity index (χ1n) is 7.48.